The number of nitrogens with one attached hydrogen (secondary N) is 1. The molecule has 136 valence electrons. The molecule has 0 radical (unpaired) electrons. The zero-order valence-electron chi connectivity index (χ0n) is 15.6. The molecule has 0 spiro atoms. The summed E-state index contributed by atoms with van der Waals surface area (Å²) in [5.74, 6) is 3.61. The molecule has 0 saturated carbocycles. The van der Waals surface area contributed by atoms with Gasteiger partial charge in [-0.25, -0.2) is 9.97 Å². The van der Waals surface area contributed by atoms with Crippen LogP contribution in [-0.2, 0) is 13.0 Å². The standard InChI is InChI=1S/C18H29N7/c1-4-16-13-17(22-18(21-16)24-10-6-5-7-11-24)19-9-8-12-25-15(3)20-14(2)23-25/h13H,4-12H2,1-3H3,(H,19,21,22). The van der Waals surface area contributed by atoms with Gasteiger partial charge in [0.05, 0.1) is 0 Å². The summed E-state index contributed by atoms with van der Waals surface area (Å²) in [7, 11) is 0. The van der Waals surface area contributed by atoms with E-state index in [4.69, 9.17) is 9.97 Å². The summed E-state index contributed by atoms with van der Waals surface area (Å²) in [6.45, 7) is 9.92. The topological polar surface area (TPSA) is 71.8 Å². The monoisotopic (exact) mass is 343 g/mol. The molecule has 0 atom stereocenters. The Kier molecular flexibility index (Phi) is 5.83. The van der Waals surface area contributed by atoms with E-state index in [0.717, 1.165) is 68.1 Å². The van der Waals surface area contributed by atoms with Gasteiger partial charge in [-0.3, -0.25) is 4.68 Å². The van der Waals surface area contributed by atoms with E-state index in [1.165, 1.54) is 19.3 Å². The molecule has 0 aromatic carbocycles. The molecule has 25 heavy (non-hydrogen) atoms. The Bertz CT molecular complexity index is 689. The second-order valence-electron chi connectivity index (χ2n) is 6.66. The van der Waals surface area contributed by atoms with Crippen molar-refractivity contribution < 1.29 is 0 Å². The lowest BCUT2D eigenvalue weighted by atomic mass is 10.1. The van der Waals surface area contributed by atoms with Crippen molar-refractivity contribution in [2.45, 2.75) is 59.4 Å². The van der Waals surface area contributed by atoms with E-state index < -0.39 is 0 Å². The van der Waals surface area contributed by atoms with E-state index in [1.54, 1.807) is 0 Å². The smallest absolute Gasteiger partial charge is 0.227 e. The maximum absolute atomic E-state index is 4.74. The number of hydrogen-bond acceptors (Lipinski definition) is 6. The predicted molar refractivity (Wildman–Crippen MR) is 100 cm³/mol. The van der Waals surface area contributed by atoms with E-state index in [9.17, 15) is 0 Å². The van der Waals surface area contributed by atoms with E-state index in [0.29, 0.717) is 0 Å². The normalized spacial score (nSPS) is 14.8. The highest BCUT2D eigenvalue weighted by Gasteiger charge is 2.15. The van der Waals surface area contributed by atoms with Crippen LogP contribution >= 0.6 is 0 Å². The molecule has 1 N–H and O–H groups in total. The van der Waals surface area contributed by atoms with Gasteiger partial charge >= 0.3 is 0 Å². The van der Waals surface area contributed by atoms with Crippen molar-refractivity contribution >= 4 is 11.8 Å². The fourth-order valence-electron chi connectivity index (χ4n) is 3.21. The minimum absolute atomic E-state index is 0.833. The van der Waals surface area contributed by atoms with Gasteiger partial charge in [0.2, 0.25) is 5.95 Å². The van der Waals surface area contributed by atoms with Crippen molar-refractivity contribution in [2.75, 3.05) is 29.9 Å². The van der Waals surface area contributed by atoms with Crippen molar-refractivity contribution in [1.82, 2.24) is 24.7 Å². The molecular weight excluding hydrogens is 314 g/mol. The summed E-state index contributed by atoms with van der Waals surface area (Å²) in [5.41, 5.74) is 1.10. The van der Waals surface area contributed by atoms with Crippen LogP contribution in [0, 0.1) is 13.8 Å². The summed E-state index contributed by atoms with van der Waals surface area (Å²) >= 11 is 0. The third-order valence-electron chi connectivity index (χ3n) is 4.58. The van der Waals surface area contributed by atoms with Gasteiger partial charge < -0.3 is 10.2 Å². The van der Waals surface area contributed by atoms with Crippen LogP contribution in [0.2, 0.25) is 0 Å². The summed E-state index contributed by atoms with van der Waals surface area (Å²) in [6.07, 6.45) is 5.69. The largest absolute Gasteiger partial charge is 0.370 e. The molecule has 1 aliphatic heterocycles. The maximum Gasteiger partial charge on any atom is 0.227 e. The van der Waals surface area contributed by atoms with Crippen LogP contribution in [-0.4, -0.2) is 44.4 Å². The molecule has 2 aromatic rings. The number of nitrogens with zero attached hydrogens (tertiary/aromatic N) is 6. The SMILES string of the molecule is CCc1cc(NCCCn2nc(C)nc2C)nc(N2CCCCC2)n1. The second kappa shape index (κ2) is 8.27. The molecule has 7 heteroatoms. The van der Waals surface area contributed by atoms with Crippen molar-refractivity contribution in [1.29, 1.82) is 0 Å². The van der Waals surface area contributed by atoms with Gasteiger partial charge in [-0.1, -0.05) is 6.92 Å². The fourth-order valence-corrected chi connectivity index (χ4v) is 3.21. The third kappa shape index (κ3) is 4.67. The van der Waals surface area contributed by atoms with Gasteiger partial charge in [-0.2, -0.15) is 10.1 Å². The van der Waals surface area contributed by atoms with Crippen LogP contribution in [0.15, 0.2) is 6.07 Å². The predicted octanol–water partition coefficient (Wildman–Crippen LogP) is 2.74. The molecule has 3 heterocycles. The van der Waals surface area contributed by atoms with Crippen molar-refractivity contribution in [3.8, 4) is 0 Å². The number of anilines is 2. The highest BCUT2D eigenvalue weighted by molar-refractivity contribution is 5.44. The molecular formula is C18H29N7. The number of rotatable bonds is 7. The Morgan fingerprint density at radius 3 is 2.56 bits per heavy atom. The van der Waals surface area contributed by atoms with Crippen molar-refractivity contribution in [3.05, 3.63) is 23.4 Å². The lowest BCUT2D eigenvalue weighted by molar-refractivity contribution is 0.566. The lowest BCUT2D eigenvalue weighted by Gasteiger charge is -2.27. The Balaban J connectivity index is 1.58. The number of aryl methyl sites for hydroxylation is 4. The molecule has 0 aliphatic carbocycles. The summed E-state index contributed by atoms with van der Waals surface area (Å²) in [6, 6.07) is 2.07. The van der Waals surface area contributed by atoms with E-state index in [2.05, 4.69) is 33.3 Å². The number of aromatic nitrogens is 5. The molecule has 7 nitrogen and oxygen atoms in total. The molecule has 3 rings (SSSR count). The minimum atomic E-state index is 0.833. The summed E-state index contributed by atoms with van der Waals surface area (Å²) in [4.78, 5) is 16.1. The molecule has 1 saturated heterocycles. The first-order chi connectivity index (χ1) is 12.2. The summed E-state index contributed by atoms with van der Waals surface area (Å²) < 4.78 is 1.97. The average molecular weight is 343 g/mol. The van der Waals surface area contributed by atoms with E-state index >= 15 is 0 Å². The van der Waals surface area contributed by atoms with Crippen LogP contribution in [0.1, 0.15) is 49.9 Å². The Morgan fingerprint density at radius 1 is 1.08 bits per heavy atom. The Morgan fingerprint density at radius 2 is 1.88 bits per heavy atom. The van der Waals surface area contributed by atoms with Crippen LogP contribution < -0.4 is 10.2 Å². The van der Waals surface area contributed by atoms with E-state index in [-0.39, 0.29) is 0 Å². The van der Waals surface area contributed by atoms with Crippen LogP contribution in [0.25, 0.3) is 0 Å². The molecule has 2 aromatic heterocycles. The number of piperidine rings is 1. The Labute approximate surface area is 149 Å². The quantitative estimate of drug-likeness (QED) is 0.780. The molecule has 1 aliphatic rings. The summed E-state index contributed by atoms with van der Waals surface area (Å²) in [5, 5.41) is 7.86. The van der Waals surface area contributed by atoms with Gasteiger partial charge in [0.15, 0.2) is 0 Å². The van der Waals surface area contributed by atoms with Gasteiger partial charge in [-0.15, -0.1) is 0 Å². The first-order valence-electron chi connectivity index (χ1n) is 9.40. The first-order valence-corrected chi connectivity index (χ1v) is 9.40. The average Bonchev–Trinajstić information content (AvgIpc) is 2.96. The molecule has 0 amide bonds. The molecule has 0 bridgehead atoms. The van der Waals surface area contributed by atoms with E-state index in [1.807, 2.05) is 18.5 Å². The van der Waals surface area contributed by atoms with Gasteiger partial charge in [-0.05, 0) is 46.0 Å². The molecule has 1 fully saturated rings. The van der Waals surface area contributed by atoms with Gasteiger partial charge in [0.25, 0.3) is 0 Å². The zero-order valence-corrected chi connectivity index (χ0v) is 15.6. The highest BCUT2D eigenvalue weighted by Crippen LogP contribution is 2.19. The van der Waals surface area contributed by atoms with Crippen LogP contribution in [0.5, 0.6) is 0 Å². The number of hydrogen-bond donors (Lipinski definition) is 1. The molecule has 0 unspecified atom stereocenters. The first kappa shape index (κ1) is 17.6. The van der Waals surface area contributed by atoms with Crippen molar-refractivity contribution in [3.63, 3.8) is 0 Å². The highest BCUT2D eigenvalue weighted by atomic mass is 15.3. The third-order valence-corrected chi connectivity index (χ3v) is 4.58. The van der Waals surface area contributed by atoms with Crippen molar-refractivity contribution in [2.24, 2.45) is 0 Å². The van der Waals surface area contributed by atoms with Gasteiger partial charge in [0, 0.05) is 37.9 Å². The van der Waals surface area contributed by atoms with Gasteiger partial charge in [0.1, 0.15) is 17.5 Å². The Hall–Kier alpha value is -2.18. The second-order valence-corrected chi connectivity index (χ2v) is 6.66. The zero-order chi connectivity index (χ0) is 17.6. The maximum atomic E-state index is 4.74. The lowest BCUT2D eigenvalue weighted by Crippen LogP contribution is -2.31. The van der Waals surface area contributed by atoms with Crippen LogP contribution in [0.3, 0.4) is 0 Å². The van der Waals surface area contributed by atoms with Crippen LogP contribution in [0.4, 0.5) is 11.8 Å². The fraction of sp³-hybridized carbons (Fsp3) is 0.667. The minimum Gasteiger partial charge on any atom is -0.370 e.